The molecule has 0 saturated carbocycles. The molecule has 0 radical (unpaired) electrons. The van der Waals surface area contributed by atoms with E-state index in [-0.39, 0.29) is 11.4 Å². The molecule has 0 atom stereocenters. The van der Waals surface area contributed by atoms with E-state index in [1.54, 1.807) is 31.9 Å². The number of nitrogens with one attached hydrogen (secondary N) is 1. The van der Waals surface area contributed by atoms with Crippen LogP contribution in [0.5, 0.6) is 11.5 Å². The lowest BCUT2D eigenvalue weighted by molar-refractivity contribution is 0.354. The van der Waals surface area contributed by atoms with Gasteiger partial charge in [0, 0.05) is 6.54 Å². The van der Waals surface area contributed by atoms with Crippen molar-refractivity contribution < 1.29 is 17.9 Å². The minimum absolute atomic E-state index is 0.170. The molecule has 0 unspecified atom stereocenters. The van der Waals surface area contributed by atoms with Gasteiger partial charge in [-0.25, -0.2) is 17.8 Å². The van der Waals surface area contributed by atoms with Crippen molar-refractivity contribution in [1.29, 1.82) is 0 Å². The zero-order chi connectivity index (χ0) is 20.1. The van der Waals surface area contributed by atoms with Gasteiger partial charge in [0.05, 0.1) is 31.8 Å². The van der Waals surface area contributed by atoms with Crippen LogP contribution in [0.2, 0.25) is 0 Å². The van der Waals surface area contributed by atoms with E-state index in [1.165, 1.54) is 6.20 Å². The lowest BCUT2D eigenvalue weighted by Crippen LogP contribution is -2.26. The molecule has 148 valence electrons. The van der Waals surface area contributed by atoms with Gasteiger partial charge in [-0.3, -0.25) is 0 Å². The molecule has 0 bridgehead atoms. The SMILES string of the molecule is COc1ccc(CCNS(=O)(=O)c2cn(-c3ccccc3)nc2C)cc1OC. The summed E-state index contributed by atoms with van der Waals surface area (Å²) in [5.41, 5.74) is 2.19. The van der Waals surface area contributed by atoms with E-state index in [4.69, 9.17) is 9.47 Å². The first-order valence-corrected chi connectivity index (χ1v) is 10.2. The Kier molecular flexibility index (Phi) is 6.01. The molecule has 0 aliphatic rings. The first-order chi connectivity index (χ1) is 13.4. The second kappa shape index (κ2) is 8.45. The van der Waals surface area contributed by atoms with Crippen LogP contribution in [0.1, 0.15) is 11.3 Å². The van der Waals surface area contributed by atoms with Gasteiger partial charge >= 0.3 is 0 Å². The Morgan fingerprint density at radius 1 is 1.04 bits per heavy atom. The maximum atomic E-state index is 12.7. The van der Waals surface area contributed by atoms with E-state index < -0.39 is 10.0 Å². The number of aromatic nitrogens is 2. The third-order valence-corrected chi connectivity index (χ3v) is 5.88. The van der Waals surface area contributed by atoms with Gasteiger partial charge in [-0.15, -0.1) is 0 Å². The molecular formula is C20H23N3O4S. The number of nitrogens with zero attached hydrogens (tertiary/aromatic N) is 2. The van der Waals surface area contributed by atoms with Crippen LogP contribution in [-0.4, -0.2) is 39.0 Å². The second-order valence-corrected chi connectivity index (χ2v) is 7.93. The van der Waals surface area contributed by atoms with Crippen molar-refractivity contribution in [2.24, 2.45) is 0 Å². The molecule has 0 fully saturated rings. The highest BCUT2D eigenvalue weighted by molar-refractivity contribution is 7.89. The van der Waals surface area contributed by atoms with Gasteiger partial charge in [-0.1, -0.05) is 24.3 Å². The fourth-order valence-corrected chi connectivity index (χ4v) is 4.06. The van der Waals surface area contributed by atoms with E-state index >= 15 is 0 Å². The van der Waals surface area contributed by atoms with Crippen LogP contribution in [0.25, 0.3) is 5.69 Å². The molecule has 0 saturated heterocycles. The largest absolute Gasteiger partial charge is 0.493 e. The third-order valence-electron chi connectivity index (χ3n) is 4.32. The highest BCUT2D eigenvalue weighted by atomic mass is 32.2. The number of aryl methyl sites for hydroxylation is 1. The molecule has 1 aromatic heterocycles. The van der Waals surface area contributed by atoms with Gasteiger partial charge in [0.15, 0.2) is 11.5 Å². The fourth-order valence-electron chi connectivity index (χ4n) is 2.86. The van der Waals surface area contributed by atoms with Crippen LogP contribution < -0.4 is 14.2 Å². The van der Waals surface area contributed by atoms with Gasteiger partial charge in [-0.2, -0.15) is 5.10 Å². The molecule has 28 heavy (non-hydrogen) atoms. The summed E-state index contributed by atoms with van der Waals surface area (Å²) in [7, 11) is -0.526. The van der Waals surface area contributed by atoms with E-state index in [0.717, 1.165) is 11.3 Å². The highest BCUT2D eigenvalue weighted by Crippen LogP contribution is 2.27. The summed E-state index contributed by atoms with van der Waals surface area (Å²) in [5, 5.41) is 4.32. The van der Waals surface area contributed by atoms with Gasteiger partial charge in [0.1, 0.15) is 4.90 Å². The van der Waals surface area contributed by atoms with E-state index in [1.807, 2.05) is 42.5 Å². The van der Waals surface area contributed by atoms with Crippen molar-refractivity contribution in [3.8, 4) is 17.2 Å². The standard InChI is InChI=1S/C20H23N3O4S/c1-15-20(14-23(22-15)17-7-5-4-6-8-17)28(24,25)21-12-11-16-9-10-18(26-2)19(13-16)27-3/h4-10,13-14,21H,11-12H2,1-3H3. The Bertz CT molecular complexity index is 1050. The number of para-hydroxylation sites is 1. The summed E-state index contributed by atoms with van der Waals surface area (Å²) < 4.78 is 40.1. The summed E-state index contributed by atoms with van der Waals surface area (Å²) in [4.78, 5) is 0.170. The van der Waals surface area contributed by atoms with Crippen LogP contribution >= 0.6 is 0 Å². The minimum Gasteiger partial charge on any atom is -0.493 e. The maximum absolute atomic E-state index is 12.7. The van der Waals surface area contributed by atoms with Crippen LogP contribution in [0.3, 0.4) is 0 Å². The Morgan fingerprint density at radius 3 is 2.43 bits per heavy atom. The molecule has 7 nitrogen and oxygen atoms in total. The summed E-state index contributed by atoms with van der Waals surface area (Å²) in [6.45, 7) is 1.94. The van der Waals surface area contributed by atoms with Gasteiger partial charge in [0.25, 0.3) is 0 Å². The van der Waals surface area contributed by atoms with Gasteiger partial charge < -0.3 is 9.47 Å². The average Bonchev–Trinajstić information content (AvgIpc) is 3.11. The van der Waals surface area contributed by atoms with Crippen LogP contribution in [-0.2, 0) is 16.4 Å². The molecule has 1 N–H and O–H groups in total. The summed E-state index contributed by atoms with van der Waals surface area (Å²) in [6, 6.07) is 14.9. The van der Waals surface area contributed by atoms with Crippen molar-refractivity contribution in [3.63, 3.8) is 0 Å². The number of hydrogen-bond acceptors (Lipinski definition) is 5. The van der Waals surface area contributed by atoms with E-state index in [2.05, 4.69) is 9.82 Å². The smallest absolute Gasteiger partial charge is 0.243 e. The zero-order valence-electron chi connectivity index (χ0n) is 16.0. The van der Waals surface area contributed by atoms with Crippen molar-refractivity contribution >= 4 is 10.0 Å². The number of hydrogen-bond donors (Lipinski definition) is 1. The topological polar surface area (TPSA) is 82.5 Å². The molecule has 3 aromatic rings. The van der Waals surface area contributed by atoms with Crippen molar-refractivity contribution in [2.75, 3.05) is 20.8 Å². The summed E-state index contributed by atoms with van der Waals surface area (Å²) in [6.07, 6.45) is 2.05. The lowest BCUT2D eigenvalue weighted by atomic mass is 10.1. The van der Waals surface area contributed by atoms with Crippen LogP contribution in [0, 0.1) is 6.92 Å². The predicted molar refractivity (Wildman–Crippen MR) is 107 cm³/mol. The van der Waals surface area contributed by atoms with E-state index in [9.17, 15) is 8.42 Å². The zero-order valence-corrected chi connectivity index (χ0v) is 16.9. The van der Waals surface area contributed by atoms with Gasteiger partial charge in [-0.05, 0) is 43.2 Å². The fraction of sp³-hybridized carbons (Fsp3) is 0.250. The lowest BCUT2D eigenvalue weighted by Gasteiger charge is -2.10. The molecule has 1 heterocycles. The number of benzene rings is 2. The molecule has 2 aromatic carbocycles. The quantitative estimate of drug-likeness (QED) is 0.628. The Balaban J connectivity index is 1.70. The molecule has 0 aliphatic carbocycles. The molecule has 0 aliphatic heterocycles. The number of ether oxygens (including phenoxy) is 2. The normalized spacial score (nSPS) is 11.4. The average molecular weight is 401 g/mol. The first-order valence-electron chi connectivity index (χ1n) is 8.77. The van der Waals surface area contributed by atoms with Crippen LogP contribution in [0.15, 0.2) is 59.6 Å². The molecule has 0 spiro atoms. The highest BCUT2D eigenvalue weighted by Gasteiger charge is 2.20. The first kappa shape index (κ1) is 19.9. The molecular weight excluding hydrogens is 378 g/mol. The summed E-state index contributed by atoms with van der Waals surface area (Å²) in [5.74, 6) is 1.25. The minimum atomic E-state index is -3.67. The molecule has 3 rings (SSSR count). The monoisotopic (exact) mass is 401 g/mol. The Labute approximate surface area is 165 Å². The van der Waals surface area contributed by atoms with E-state index in [0.29, 0.717) is 23.6 Å². The van der Waals surface area contributed by atoms with Gasteiger partial charge in [0.2, 0.25) is 10.0 Å². The third kappa shape index (κ3) is 4.35. The predicted octanol–water partition coefficient (Wildman–Crippen LogP) is 2.72. The summed E-state index contributed by atoms with van der Waals surface area (Å²) >= 11 is 0. The number of rotatable bonds is 8. The van der Waals surface area contributed by atoms with Crippen molar-refractivity contribution in [2.45, 2.75) is 18.2 Å². The number of sulfonamides is 1. The molecule has 0 amide bonds. The Morgan fingerprint density at radius 2 is 1.75 bits per heavy atom. The van der Waals surface area contributed by atoms with Crippen molar-refractivity contribution in [3.05, 3.63) is 66.0 Å². The molecule has 8 heteroatoms. The van der Waals surface area contributed by atoms with Crippen molar-refractivity contribution in [1.82, 2.24) is 14.5 Å². The second-order valence-electron chi connectivity index (χ2n) is 6.20. The number of methoxy groups -OCH3 is 2. The van der Waals surface area contributed by atoms with Crippen LogP contribution in [0.4, 0.5) is 0 Å². The maximum Gasteiger partial charge on any atom is 0.243 e. The Hall–Kier alpha value is -2.84.